The van der Waals surface area contributed by atoms with Crippen LogP contribution in [0.1, 0.15) is 43.4 Å². The average Bonchev–Trinajstić information content (AvgIpc) is 3.09. The molecule has 3 nitrogen and oxygen atoms in total. The SMILES string of the molecule is O=C(CCc1ccccc1)N[C@@H]1CCCC[C@H]1Cc1ccco1. The van der Waals surface area contributed by atoms with Gasteiger partial charge >= 0.3 is 0 Å². The molecule has 1 fully saturated rings. The molecule has 2 aromatic rings. The van der Waals surface area contributed by atoms with Gasteiger partial charge in [0.1, 0.15) is 5.76 Å². The first-order valence-corrected chi connectivity index (χ1v) is 8.67. The molecule has 3 rings (SSSR count). The van der Waals surface area contributed by atoms with Crippen LogP contribution in [0, 0.1) is 5.92 Å². The molecule has 1 aliphatic rings. The fourth-order valence-corrected chi connectivity index (χ4v) is 3.51. The number of carbonyl (C=O) groups excluding carboxylic acids is 1. The molecule has 2 atom stereocenters. The van der Waals surface area contributed by atoms with Crippen LogP contribution in [0.4, 0.5) is 0 Å². The fraction of sp³-hybridized carbons (Fsp3) is 0.450. The van der Waals surface area contributed by atoms with Crippen molar-refractivity contribution >= 4 is 5.91 Å². The molecule has 1 amide bonds. The summed E-state index contributed by atoms with van der Waals surface area (Å²) in [5.74, 6) is 1.70. The second-order valence-corrected chi connectivity index (χ2v) is 6.49. The number of benzene rings is 1. The summed E-state index contributed by atoms with van der Waals surface area (Å²) < 4.78 is 5.48. The first-order valence-electron chi connectivity index (χ1n) is 8.67. The van der Waals surface area contributed by atoms with Crippen molar-refractivity contribution in [2.75, 3.05) is 0 Å². The molecule has 23 heavy (non-hydrogen) atoms. The van der Waals surface area contributed by atoms with E-state index in [9.17, 15) is 4.79 Å². The van der Waals surface area contributed by atoms with E-state index in [4.69, 9.17) is 4.42 Å². The summed E-state index contributed by atoms with van der Waals surface area (Å²) in [6, 6.07) is 14.5. The first-order chi connectivity index (χ1) is 11.3. The zero-order valence-electron chi connectivity index (χ0n) is 13.5. The van der Waals surface area contributed by atoms with Crippen molar-refractivity contribution in [2.45, 2.75) is 51.0 Å². The monoisotopic (exact) mass is 311 g/mol. The Morgan fingerprint density at radius 1 is 1.09 bits per heavy atom. The molecule has 3 heteroatoms. The molecule has 0 spiro atoms. The summed E-state index contributed by atoms with van der Waals surface area (Å²) in [5.41, 5.74) is 1.22. The third-order valence-corrected chi connectivity index (χ3v) is 4.78. The number of furan rings is 1. The highest BCUT2D eigenvalue weighted by Gasteiger charge is 2.27. The van der Waals surface area contributed by atoms with Gasteiger partial charge in [0, 0.05) is 18.9 Å². The number of carbonyl (C=O) groups is 1. The van der Waals surface area contributed by atoms with E-state index in [1.807, 2.05) is 30.3 Å². The van der Waals surface area contributed by atoms with Crippen molar-refractivity contribution in [3.8, 4) is 0 Å². The zero-order valence-corrected chi connectivity index (χ0v) is 13.5. The van der Waals surface area contributed by atoms with Gasteiger partial charge in [0.2, 0.25) is 5.91 Å². The van der Waals surface area contributed by atoms with Crippen LogP contribution in [0.3, 0.4) is 0 Å². The summed E-state index contributed by atoms with van der Waals surface area (Å²) in [6.07, 6.45) is 8.74. The number of hydrogen-bond acceptors (Lipinski definition) is 2. The molecule has 1 aliphatic carbocycles. The van der Waals surface area contributed by atoms with Crippen molar-refractivity contribution in [1.82, 2.24) is 5.32 Å². The van der Waals surface area contributed by atoms with Gasteiger partial charge < -0.3 is 9.73 Å². The predicted octanol–water partition coefficient (Wildman–Crippen LogP) is 4.13. The number of aryl methyl sites for hydroxylation is 1. The van der Waals surface area contributed by atoms with Gasteiger partial charge in [-0.1, -0.05) is 43.2 Å². The first kappa shape index (κ1) is 15.9. The molecule has 1 saturated carbocycles. The van der Waals surface area contributed by atoms with Crippen LogP contribution < -0.4 is 5.32 Å². The molecule has 1 N–H and O–H groups in total. The molecule has 0 saturated heterocycles. The van der Waals surface area contributed by atoms with Crippen LogP contribution >= 0.6 is 0 Å². The number of hydrogen-bond donors (Lipinski definition) is 1. The lowest BCUT2D eigenvalue weighted by atomic mass is 9.81. The maximum atomic E-state index is 12.3. The number of amides is 1. The van der Waals surface area contributed by atoms with Crippen LogP contribution in [0.5, 0.6) is 0 Å². The smallest absolute Gasteiger partial charge is 0.220 e. The quantitative estimate of drug-likeness (QED) is 0.871. The van der Waals surface area contributed by atoms with Crippen LogP contribution in [0.15, 0.2) is 53.1 Å². The van der Waals surface area contributed by atoms with Gasteiger partial charge in [-0.3, -0.25) is 4.79 Å². The summed E-state index contributed by atoms with van der Waals surface area (Å²) >= 11 is 0. The van der Waals surface area contributed by atoms with Gasteiger partial charge in [0.25, 0.3) is 0 Å². The van der Waals surface area contributed by atoms with E-state index in [1.54, 1.807) is 6.26 Å². The normalized spacial score (nSPS) is 21.0. The minimum Gasteiger partial charge on any atom is -0.469 e. The van der Waals surface area contributed by atoms with E-state index in [0.717, 1.165) is 25.0 Å². The maximum absolute atomic E-state index is 12.3. The van der Waals surface area contributed by atoms with E-state index < -0.39 is 0 Å². The Balaban J connectivity index is 1.51. The van der Waals surface area contributed by atoms with Gasteiger partial charge in [-0.25, -0.2) is 0 Å². The predicted molar refractivity (Wildman–Crippen MR) is 91.1 cm³/mol. The number of nitrogens with one attached hydrogen (secondary N) is 1. The van der Waals surface area contributed by atoms with E-state index in [-0.39, 0.29) is 11.9 Å². The van der Waals surface area contributed by atoms with Gasteiger partial charge in [0.05, 0.1) is 6.26 Å². The molecule has 1 aromatic carbocycles. The standard InChI is InChI=1S/C20H25NO2/c22-20(13-12-16-7-2-1-3-8-16)21-19-11-5-4-9-17(19)15-18-10-6-14-23-18/h1-3,6-8,10,14,17,19H,4-5,9,11-13,15H2,(H,21,22)/t17-,19+/m0/s1. The largest absolute Gasteiger partial charge is 0.469 e. The van der Waals surface area contributed by atoms with Crippen molar-refractivity contribution in [3.63, 3.8) is 0 Å². The Morgan fingerprint density at radius 3 is 2.70 bits per heavy atom. The fourth-order valence-electron chi connectivity index (χ4n) is 3.51. The molecule has 0 bridgehead atoms. The van der Waals surface area contributed by atoms with E-state index in [0.29, 0.717) is 12.3 Å². The van der Waals surface area contributed by atoms with Gasteiger partial charge in [0.15, 0.2) is 0 Å². The van der Waals surface area contributed by atoms with Crippen LogP contribution in [0.2, 0.25) is 0 Å². The van der Waals surface area contributed by atoms with Crippen molar-refractivity contribution < 1.29 is 9.21 Å². The lowest BCUT2D eigenvalue weighted by molar-refractivity contribution is -0.122. The summed E-state index contributed by atoms with van der Waals surface area (Å²) in [6.45, 7) is 0. The Bertz CT molecular complexity index is 591. The third-order valence-electron chi connectivity index (χ3n) is 4.78. The zero-order chi connectivity index (χ0) is 15.9. The Labute approximate surface area is 138 Å². The van der Waals surface area contributed by atoms with Crippen molar-refractivity contribution in [3.05, 3.63) is 60.1 Å². The van der Waals surface area contributed by atoms with Gasteiger partial charge in [-0.15, -0.1) is 0 Å². The second kappa shape index (κ2) is 8.00. The Hall–Kier alpha value is -2.03. The Kier molecular flexibility index (Phi) is 5.51. The highest BCUT2D eigenvalue weighted by molar-refractivity contribution is 5.76. The van der Waals surface area contributed by atoms with Gasteiger partial charge in [-0.05, 0) is 42.9 Å². The summed E-state index contributed by atoms with van der Waals surface area (Å²) in [5, 5.41) is 3.27. The van der Waals surface area contributed by atoms with E-state index >= 15 is 0 Å². The van der Waals surface area contributed by atoms with Crippen LogP contribution in [0.25, 0.3) is 0 Å². The van der Waals surface area contributed by atoms with E-state index in [2.05, 4.69) is 17.4 Å². The molecule has 1 aromatic heterocycles. The molecule has 0 aliphatic heterocycles. The van der Waals surface area contributed by atoms with Gasteiger partial charge in [-0.2, -0.15) is 0 Å². The number of rotatable bonds is 6. The molecule has 0 unspecified atom stereocenters. The minimum atomic E-state index is 0.171. The lowest BCUT2D eigenvalue weighted by Crippen LogP contribution is -2.42. The molecular formula is C20H25NO2. The second-order valence-electron chi connectivity index (χ2n) is 6.49. The van der Waals surface area contributed by atoms with Crippen LogP contribution in [-0.4, -0.2) is 11.9 Å². The van der Waals surface area contributed by atoms with Crippen molar-refractivity contribution in [2.24, 2.45) is 5.92 Å². The highest BCUT2D eigenvalue weighted by Crippen LogP contribution is 2.28. The van der Waals surface area contributed by atoms with Crippen molar-refractivity contribution in [1.29, 1.82) is 0 Å². The molecule has 1 heterocycles. The third kappa shape index (κ3) is 4.72. The molecule has 122 valence electrons. The molecular weight excluding hydrogens is 286 g/mol. The average molecular weight is 311 g/mol. The van der Waals surface area contributed by atoms with E-state index in [1.165, 1.54) is 24.8 Å². The summed E-state index contributed by atoms with van der Waals surface area (Å²) in [7, 11) is 0. The Morgan fingerprint density at radius 2 is 1.91 bits per heavy atom. The summed E-state index contributed by atoms with van der Waals surface area (Å²) in [4.78, 5) is 12.3. The molecule has 0 radical (unpaired) electrons. The maximum Gasteiger partial charge on any atom is 0.220 e. The topological polar surface area (TPSA) is 42.2 Å². The lowest BCUT2D eigenvalue weighted by Gasteiger charge is -2.31. The minimum absolute atomic E-state index is 0.171. The highest BCUT2D eigenvalue weighted by atomic mass is 16.3. The van der Waals surface area contributed by atoms with Crippen LogP contribution in [-0.2, 0) is 17.6 Å².